The van der Waals surface area contributed by atoms with Crippen LogP contribution in [0.5, 0.6) is 0 Å². The topological polar surface area (TPSA) is 64.6 Å². The Kier molecular flexibility index (Phi) is 7.52. The standard InChI is InChI=1S/C16H22FNO4/c1-11(2)6-7-21-8-9-22-16(20)13-4-5-14(17)15(10-13)18-12(3)19/h4-5,10-11H,6-9H2,1-3H3,(H,18,19). The number of anilines is 1. The summed E-state index contributed by atoms with van der Waals surface area (Å²) in [5.41, 5.74) is 0.127. The molecule has 0 saturated carbocycles. The van der Waals surface area contributed by atoms with Crippen molar-refractivity contribution in [3.8, 4) is 0 Å². The number of hydrogen-bond acceptors (Lipinski definition) is 4. The van der Waals surface area contributed by atoms with Crippen LogP contribution in [0.25, 0.3) is 0 Å². The van der Waals surface area contributed by atoms with Gasteiger partial charge in [-0.05, 0) is 30.5 Å². The number of amides is 1. The summed E-state index contributed by atoms with van der Waals surface area (Å²) in [5.74, 6) is -1.04. The number of nitrogens with one attached hydrogen (secondary N) is 1. The summed E-state index contributed by atoms with van der Waals surface area (Å²) in [6.45, 7) is 6.54. The van der Waals surface area contributed by atoms with Gasteiger partial charge in [-0.2, -0.15) is 0 Å². The van der Waals surface area contributed by atoms with Crippen LogP contribution in [-0.2, 0) is 14.3 Å². The van der Waals surface area contributed by atoms with Crippen LogP contribution in [0.4, 0.5) is 10.1 Å². The molecule has 0 unspecified atom stereocenters. The average molecular weight is 311 g/mol. The molecule has 1 aromatic rings. The van der Waals surface area contributed by atoms with Crippen molar-refractivity contribution < 1.29 is 23.5 Å². The molecule has 0 atom stereocenters. The van der Waals surface area contributed by atoms with Crippen molar-refractivity contribution in [3.63, 3.8) is 0 Å². The highest BCUT2D eigenvalue weighted by atomic mass is 19.1. The predicted molar refractivity (Wildman–Crippen MR) is 81.3 cm³/mol. The Morgan fingerprint density at radius 3 is 2.59 bits per heavy atom. The highest BCUT2D eigenvalue weighted by Crippen LogP contribution is 2.16. The number of halogens is 1. The van der Waals surface area contributed by atoms with Crippen LogP contribution in [0, 0.1) is 11.7 Å². The lowest BCUT2D eigenvalue weighted by atomic mass is 10.1. The zero-order chi connectivity index (χ0) is 16.5. The Balaban J connectivity index is 2.43. The molecule has 0 bridgehead atoms. The second kappa shape index (κ2) is 9.15. The van der Waals surface area contributed by atoms with Gasteiger partial charge in [0, 0.05) is 13.5 Å². The molecule has 0 saturated heterocycles. The molecule has 22 heavy (non-hydrogen) atoms. The zero-order valence-corrected chi connectivity index (χ0v) is 13.1. The van der Waals surface area contributed by atoms with E-state index in [0.717, 1.165) is 12.5 Å². The van der Waals surface area contributed by atoms with E-state index in [0.29, 0.717) is 19.1 Å². The molecule has 1 rings (SSSR count). The second-order valence-electron chi connectivity index (χ2n) is 5.31. The minimum Gasteiger partial charge on any atom is -0.460 e. The summed E-state index contributed by atoms with van der Waals surface area (Å²) < 4.78 is 23.8. The minimum atomic E-state index is -0.608. The first-order chi connectivity index (χ1) is 10.4. The molecule has 5 nitrogen and oxygen atoms in total. The summed E-state index contributed by atoms with van der Waals surface area (Å²) >= 11 is 0. The number of hydrogen-bond donors (Lipinski definition) is 1. The molecular formula is C16H22FNO4. The fourth-order valence-corrected chi connectivity index (χ4v) is 1.64. The van der Waals surface area contributed by atoms with E-state index < -0.39 is 17.7 Å². The van der Waals surface area contributed by atoms with Gasteiger partial charge in [-0.1, -0.05) is 13.8 Å². The van der Waals surface area contributed by atoms with Crippen molar-refractivity contribution in [2.24, 2.45) is 5.92 Å². The Morgan fingerprint density at radius 1 is 1.23 bits per heavy atom. The largest absolute Gasteiger partial charge is 0.460 e. The molecule has 0 spiro atoms. The molecule has 1 amide bonds. The van der Waals surface area contributed by atoms with Gasteiger partial charge in [-0.15, -0.1) is 0 Å². The molecular weight excluding hydrogens is 289 g/mol. The van der Waals surface area contributed by atoms with E-state index in [1.165, 1.54) is 19.1 Å². The molecule has 0 aliphatic heterocycles. The first kappa shape index (κ1) is 18.1. The second-order valence-corrected chi connectivity index (χ2v) is 5.31. The fourth-order valence-electron chi connectivity index (χ4n) is 1.64. The van der Waals surface area contributed by atoms with Gasteiger partial charge >= 0.3 is 5.97 Å². The molecule has 0 radical (unpaired) electrons. The normalized spacial score (nSPS) is 10.6. The maximum atomic E-state index is 13.5. The van der Waals surface area contributed by atoms with Gasteiger partial charge in [0.05, 0.1) is 17.9 Å². The van der Waals surface area contributed by atoms with Crippen molar-refractivity contribution >= 4 is 17.6 Å². The minimum absolute atomic E-state index is 0.0462. The Morgan fingerprint density at radius 2 is 1.95 bits per heavy atom. The molecule has 1 N–H and O–H groups in total. The molecule has 122 valence electrons. The molecule has 0 aliphatic rings. The monoisotopic (exact) mass is 311 g/mol. The summed E-state index contributed by atoms with van der Waals surface area (Å²) in [4.78, 5) is 22.8. The average Bonchev–Trinajstić information content (AvgIpc) is 2.44. The summed E-state index contributed by atoms with van der Waals surface area (Å²) in [5, 5.41) is 2.32. The lowest BCUT2D eigenvalue weighted by Crippen LogP contribution is -2.13. The Hall–Kier alpha value is -1.95. The van der Waals surface area contributed by atoms with Crippen molar-refractivity contribution in [2.45, 2.75) is 27.2 Å². The van der Waals surface area contributed by atoms with Crippen LogP contribution in [-0.4, -0.2) is 31.7 Å². The number of esters is 1. The summed E-state index contributed by atoms with van der Waals surface area (Å²) in [6.07, 6.45) is 0.950. The third-order valence-corrected chi connectivity index (χ3v) is 2.81. The van der Waals surface area contributed by atoms with Gasteiger partial charge in [-0.3, -0.25) is 4.79 Å². The maximum Gasteiger partial charge on any atom is 0.338 e. The van der Waals surface area contributed by atoms with Gasteiger partial charge in [-0.25, -0.2) is 9.18 Å². The molecule has 0 aromatic heterocycles. The Bertz CT molecular complexity index is 517. The van der Waals surface area contributed by atoms with Crippen LogP contribution < -0.4 is 5.32 Å². The number of rotatable bonds is 8. The smallest absolute Gasteiger partial charge is 0.338 e. The van der Waals surface area contributed by atoms with Crippen LogP contribution in [0.2, 0.25) is 0 Å². The van der Waals surface area contributed by atoms with Crippen LogP contribution in [0.3, 0.4) is 0 Å². The number of carbonyl (C=O) groups is 2. The predicted octanol–water partition coefficient (Wildman–Crippen LogP) is 3.00. The highest BCUT2D eigenvalue weighted by Gasteiger charge is 2.11. The highest BCUT2D eigenvalue weighted by molar-refractivity contribution is 5.93. The van der Waals surface area contributed by atoms with E-state index in [9.17, 15) is 14.0 Å². The van der Waals surface area contributed by atoms with Crippen LogP contribution >= 0.6 is 0 Å². The van der Waals surface area contributed by atoms with E-state index in [-0.39, 0.29) is 17.9 Å². The van der Waals surface area contributed by atoms with Gasteiger partial charge in [0.1, 0.15) is 12.4 Å². The first-order valence-corrected chi connectivity index (χ1v) is 7.22. The van der Waals surface area contributed by atoms with Gasteiger partial charge in [0.15, 0.2) is 0 Å². The van der Waals surface area contributed by atoms with Crippen molar-refractivity contribution in [3.05, 3.63) is 29.6 Å². The van der Waals surface area contributed by atoms with E-state index in [4.69, 9.17) is 9.47 Å². The lowest BCUT2D eigenvalue weighted by molar-refractivity contribution is -0.114. The van der Waals surface area contributed by atoms with Crippen molar-refractivity contribution in [1.82, 2.24) is 0 Å². The quantitative estimate of drug-likeness (QED) is 0.592. The molecule has 6 heteroatoms. The lowest BCUT2D eigenvalue weighted by Gasteiger charge is -2.09. The van der Waals surface area contributed by atoms with E-state index in [1.807, 2.05) is 0 Å². The summed E-state index contributed by atoms with van der Waals surface area (Å²) in [6, 6.07) is 3.67. The molecule has 1 aromatic carbocycles. The maximum absolute atomic E-state index is 13.5. The SMILES string of the molecule is CC(=O)Nc1cc(C(=O)OCCOCCC(C)C)ccc1F. The van der Waals surface area contributed by atoms with Crippen molar-refractivity contribution in [1.29, 1.82) is 0 Å². The number of benzene rings is 1. The van der Waals surface area contributed by atoms with Gasteiger partial charge < -0.3 is 14.8 Å². The molecule has 0 aliphatic carbocycles. The number of ether oxygens (including phenoxy) is 2. The first-order valence-electron chi connectivity index (χ1n) is 7.22. The van der Waals surface area contributed by atoms with E-state index in [2.05, 4.69) is 19.2 Å². The third-order valence-electron chi connectivity index (χ3n) is 2.81. The molecule has 0 fully saturated rings. The Labute approximate surface area is 129 Å². The van der Waals surface area contributed by atoms with Crippen LogP contribution in [0.1, 0.15) is 37.6 Å². The fraction of sp³-hybridized carbons (Fsp3) is 0.500. The van der Waals surface area contributed by atoms with E-state index >= 15 is 0 Å². The van der Waals surface area contributed by atoms with Gasteiger partial charge in [0.2, 0.25) is 5.91 Å². The van der Waals surface area contributed by atoms with Crippen LogP contribution in [0.15, 0.2) is 18.2 Å². The zero-order valence-electron chi connectivity index (χ0n) is 13.1. The third kappa shape index (κ3) is 6.67. The molecule has 0 heterocycles. The van der Waals surface area contributed by atoms with Crippen molar-refractivity contribution in [2.75, 3.05) is 25.1 Å². The van der Waals surface area contributed by atoms with E-state index in [1.54, 1.807) is 0 Å². The number of carbonyl (C=O) groups excluding carboxylic acids is 2. The van der Waals surface area contributed by atoms with Gasteiger partial charge in [0.25, 0.3) is 0 Å². The summed E-state index contributed by atoms with van der Waals surface area (Å²) in [7, 11) is 0.